The Kier molecular flexibility index (Phi) is 3.70. The van der Waals surface area contributed by atoms with Crippen LogP contribution in [0.3, 0.4) is 0 Å². The van der Waals surface area contributed by atoms with Gasteiger partial charge in [-0.1, -0.05) is 25.0 Å². The van der Waals surface area contributed by atoms with Crippen LogP contribution in [0.15, 0.2) is 24.3 Å². The Morgan fingerprint density at radius 1 is 1.19 bits per heavy atom. The molecule has 2 N–H and O–H groups in total. The van der Waals surface area contributed by atoms with Gasteiger partial charge in [0.15, 0.2) is 0 Å². The van der Waals surface area contributed by atoms with Crippen LogP contribution in [0.4, 0.5) is 0 Å². The Labute approximate surface area is 124 Å². The summed E-state index contributed by atoms with van der Waals surface area (Å²) in [5, 5.41) is 11.9. The Bertz CT molecular complexity index is 544. The first-order chi connectivity index (χ1) is 10.1. The van der Waals surface area contributed by atoms with Crippen molar-refractivity contribution in [1.29, 1.82) is 0 Å². The predicted molar refractivity (Wildman–Crippen MR) is 79.1 cm³/mol. The molecule has 2 aliphatic rings. The van der Waals surface area contributed by atoms with Crippen LogP contribution >= 0.6 is 0 Å². The first-order valence-corrected chi connectivity index (χ1v) is 7.71. The van der Waals surface area contributed by atoms with Gasteiger partial charge in [-0.25, -0.2) is 4.79 Å². The number of carboxylic acid groups (broad SMARTS) is 1. The normalized spacial score (nSPS) is 22.2. The number of carbonyl (C=O) groups is 2. The first kappa shape index (κ1) is 14.1. The molecule has 0 saturated heterocycles. The monoisotopic (exact) mass is 287 g/mol. The summed E-state index contributed by atoms with van der Waals surface area (Å²) in [6.45, 7) is 0.623. The van der Waals surface area contributed by atoms with Crippen molar-refractivity contribution < 1.29 is 14.7 Å². The maximum atomic E-state index is 12.1. The van der Waals surface area contributed by atoms with E-state index in [1.165, 1.54) is 25.7 Å². The molecule has 0 aromatic heterocycles. The van der Waals surface area contributed by atoms with Gasteiger partial charge in [-0.05, 0) is 48.8 Å². The third-order valence-electron chi connectivity index (χ3n) is 5.02. The van der Waals surface area contributed by atoms with E-state index < -0.39 is 5.97 Å². The zero-order valence-corrected chi connectivity index (χ0v) is 12.1. The van der Waals surface area contributed by atoms with Gasteiger partial charge >= 0.3 is 5.97 Å². The van der Waals surface area contributed by atoms with E-state index in [-0.39, 0.29) is 11.8 Å². The lowest BCUT2D eigenvalue weighted by atomic mass is 10.0. The second-order valence-corrected chi connectivity index (χ2v) is 6.37. The molecule has 1 amide bonds. The molecule has 0 aliphatic heterocycles. The fourth-order valence-electron chi connectivity index (χ4n) is 3.62. The van der Waals surface area contributed by atoms with E-state index in [0.29, 0.717) is 17.5 Å². The second-order valence-electron chi connectivity index (χ2n) is 6.37. The van der Waals surface area contributed by atoms with Crippen molar-refractivity contribution in [3.8, 4) is 0 Å². The van der Waals surface area contributed by atoms with Crippen molar-refractivity contribution >= 4 is 11.9 Å². The van der Waals surface area contributed by atoms with E-state index in [4.69, 9.17) is 5.11 Å². The SMILES string of the molecule is O=C(O)c1ccc(CCNC(=O)C2CC23CCCC3)cc1. The van der Waals surface area contributed by atoms with Gasteiger partial charge in [0, 0.05) is 12.5 Å². The molecule has 2 saturated carbocycles. The molecule has 2 aliphatic carbocycles. The molecule has 0 bridgehead atoms. The lowest BCUT2D eigenvalue weighted by molar-refractivity contribution is -0.123. The number of hydrogen-bond donors (Lipinski definition) is 2. The van der Waals surface area contributed by atoms with E-state index >= 15 is 0 Å². The summed E-state index contributed by atoms with van der Waals surface area (Å²) in [5.74, 6) is -0.459. The van der Waals surface area contributed by atoms with Gasteiger partial charge in [0.2, 0.25) is 5.91 Å². The van der Waals surface area contributed by atoms with Gasteiger partial charge in [-0.15, -0.1) is 0 Å². The third-order valence-corrected chi connectivity index (χ3v) is 5.02. The molecule has 0 heterocycles. The maximum absolute atomic E-state index is 12.1. The number of nitrogens with one attached hydrogen (secondary N) is 1. The number of carbonyl (C=O) groups excluding carboxylic acids is 1. The molecule has 3 rings (SSSR count). The number of carboxylic acids is 1. The highest BCUT2D eigenvalue weighted by atomic mass is 16.4. The number of aromatic carboxylic acids is 1. The Morgan fingerprint density at radius 3 is 2.48 bits per heavy atom. The average molecular weight is 287 g/mol. The highest BCUT2D eigenvalue weighted by Crippen LogP contribution is 2.62. The van der Waals surface area contributed by atoms with E-state index in [2.05, 4.69) is 5.32 Å². The Balaban J connectivity index is 1.44. The number of hydrogen-bond acceptors (Lipinski definition) is 2. The standard InChI is InChI=1S/C17H21NO3/c19-15(14-11-17(14)8-1-2-9-17)18-10-7-12-3-5-13(6-4-12)16(20)21/h3-6,14H,1-2,7-11H2,(H,18,19)(H,20,21). The fraction of sp³-hybridized carbons (Fsp3) is 0.529. The van der Waals surface area contributed by atoms with Gasteiger partial charge in [0.25, 0.3) is 0 Å². The molecule has 21 heavy (non-hydrogen) atoms. The molecular formula is C17H21NO3. The maximum Gasteiger partial charge on any atom is 0.335 e. The van der Waals surface area contributed by atoms with Gasteiger partial charge < -0.3 is 10.4 Å². The van der Waals surface area contributed by atoms with Crippen LogP contribution < -0.4 is 5.32 Å². The molecule has 1 spiro atoms. The lowest BCUT2D eigenvalue weighted by Gasteiger charge is -2.09. The summed E-state index contributed by atoms with van der Waals surface area (Å²) in [6, 6.07) is 6.83. The van der Waals surface area contributed by atoms with Crippen LogP contribution in [0.5, 0.6) is 0 Å². The number of amides is 1. The molecule has 1 unspecified atom stereocenters. The summed E-state index contributed by atoms with van der Waals surface area (Å²) >= 11 is 0. The molecule has 4 nitrogen and oxygen atoms in total. The van der Waals surface area contributed by atoms with Crippen molar-refractivity contribution in [2.24, 2.45) is 11.3 Å². The minimum absolute atomic E-state index is 0.207. The van der Waals surface area contributed by atoms with E-state index in [0.717, 1.165) is 18.4 Å². The van der Waals surface area contributed by atoms with Gasteiger partial charge in [-0.2, -0.15) is 0 Å². The second kappa shape index (κ2) is 5.51. The predicted octanol–water partition coefficient (Wildman–Crippen LogP) is 2.62. The van der Waals surface area contributed by atoms with Crippen LogP contribution in [0.1, 0.15) is 48.0 Å². The van der Waals surface area contributed by atoms with E-state index in [1.807, 2.05) is 12.1 Å². The van der Waals surface area contributed by atoms with Crippen LogP contribution in [0.25, 0.3) is 0 Å². The smallest absolute Gasteiger partial charge is 0.335 e. The Hall–Kier alpha value is -1.84. The molecular weight excluding hydrogens is 266 g/mol. The highest BCUT2D eigenvalue weighted by molar-refractivity contribution is 5.87. The van der Waals surface area contributed by atoms with E-state index in [9.17, 15) is 9.59 Å². The summed E-state index contributed by atoms with van der Waals surface area (Å²) in [7, 11) is 0. The van der Waals surface area contributed by atoms with Crippen LogP contribution in [-0.4, -0.2) is 23.5 Å². The summed E-state index contributed by atoms with van der Waals surface area (Å²) in [6.07, 6.45) is 6.82. The van der Waals surface area contributed by atoms with Crippen molar-refractivity contribution in [3.05, 3.63) is 35.4 Å². The summed E-state index contributed by atoms with van der Waals surface area (Å²) < 4.78 is 0. The van der Waals surface area contributed by atoms with Gasteiger partial charge in [0.05, 0.1) is 5.56 Å². The number of rotatable bonds is 5. The molecule has 1 atom stereocenters. The molecule has 112 valence electrons. The minimum Gasteiger partial charge on any atom is -0.478 e. The average Bonchev–Trinajstić information content (AvgIpc) is 2.97. The first-order valence-electron chi connectivity index (χ1n) is 7.71. The van der Waals surface area contributed by atoms with Crippen molar-refractivity contribution in [1.82, 2.24) is 5.32 Å². The molecule has 1 aromatic carbocycles. The molecule has 2 fully saturated rings. The van der Waals surface area contributed by atoms with Crippen LogP contribution in [0.2, 0.25) is 0 Å². The van der Waals surface area contributed by atoms with E-state index in [1.54, 1.807) is 12.1 Å². The Morgan fingerprint density at radius 2 is 1.86 bits per heavy atom. The van der Waals surface area contributed by atoms with Crippen molar-refractivity contribution in [2.45, 2.75) is 38.5 Å². The zero-order valence-electron chi connectivity index (χ0n) is 12.1. The molecule has 4 heteroatoms. The van der Waals surface area contributed by atoms with Gasteiger partial charge in [0.1, 0.15) is 0 Å². The topological polar surface area (TPSA) is 66.4 Å². The summed E-state index contributed by atoms with van der Waals surface area (Å²) in [5.41, 5.74) is 1.70. The van der Waals surface area contributed by atoms with Gasteiger partial charge in [-0.3, -0.25) is 4.79 Å². The molecule has 0 radical (unpaired) electrons. The van der Waals surface area contributed by atoms with Crippen molar-refractivity contribution in [2.75, 3.05) is 6.54 Å². The minimum atomic E-state index is -0.912. The third kappa shape index (κ3) is 2.94. The highest BCUT2D eigenvalue weighted by Gasteiger charge is 2.58. The fourth-order valence-corrected chi connectivity index (χ4v) is 3.62. The van der Waals surface area contributed by atoms with Crippen LogP contribution in [-0.2, 0) is 11.2 Å². The zero-order chi connectivity index (χ0) is 14.9. The van der Waals surface area contributed by atoms with Crippen molar-refractivity contribution in [3.63, 3.8) is 0 Å². The largest absolute Gasteiger partial charge is 0.478 e. The lowest BCUT2D eigenvalue weighted by Crippen LogP contribution is -2.28. The number of benzene rings is 1. The summed E-state index contributed by atoms with van der Waals surface area (Å²) in [4.78, 5) is 22.9. The quantitative estimate of drug-likeness (QED) is 0.875. The molecule has 1 aromatic rings. The van der Waals surface area contributed by atoms with Crippen LogP contribution in [0, 0.1) is 11.3 Å².